The summed E-state index contributed by atoms with van der Waals surface area (Å²) in [6, 6.07) is 0. The van der Waals surface area contributed by atoms with E-state index in [1.165, 1.54) is 0 Å². The first-order valence-corrected chi connectivity index (χ1v) is 6.19. The molecule has 0 unspecified atom stereocenters. The van der Waals surface area contributed by atoms with Gasteiger partial charge in [-0.25, -0.2) is 0 Å². The lowest BCUT2D eigenvalue weighted by molar-refractivity contribution is 0.429. The van der Waals surface area contributed by atoms with Crippen LogP contribution in [0.1, 0.15) is 49.9 Å². The van der Waals surface area contributed by atoms with Crippen molar-refractivity contribution in [1.29, 1.82) is 0 Å². The van der Waals surface area contributed by atoms with Crippen LogP contribution in [0.3, 0.4) is 0 Å². The molecule has 0 spiro atoms. The van der Waals surface area contributed by atoms with E-state index in [1.807, 2.05) is 20.8 Å². The zero-order chi connectivity index (χ0) is 12.3. The summed E-state index contributed by atoms with van der Waals surface area (Å²) in [4.78, 5) is 0. The van der Waals surface area contributed by atoms with Gasteiger partial charge in [0.25, 0.3) is 0 Å². The summed E-state index contributed by atoms with van der Waals surface area (Å²) >= 11 is 0. The monoisotopic (exact) mass is 222 g/mol. The molecule has 0 aliphatic heterocycles. The number of phenols is 2. The van der Waals surface area contributed by atoms with Crippen LogP contribution in [0.15, 0.2) is 0 Å². The first kappa shape index (κ1) is 12.9. The predicted octanol–water partition coefficient (Wildman–Crippen LogP) is 3.35. The van der Waals surface area contributed by atoms with Crippen LogP contribution in [0.4, 0.5) is 0 Å². The van der Waals surface area contributed by atoms with E-state index in [0.717, 1.165) is 36.0 Å². The van der Waals surface area contributed by atoms with E-state index in [2.05, 4.69) is 6.92 Å². The van der Waals surface area contributed by atoms with Crippen LogP contribution in [0.2, 0.25) is 0 Å². The van der Waals surface area contributed by atoms with Gasteiger partial charge in [-0.15, -0.1) is 0 Å². The third kappa shape index (κ3) is 1.89. The highest BCUT2D eigenvalue weighted by atomic mass is 16.3. The number of benzene rings is 1. The molecule has 0 radical (unpaired) electrons. The minimum Gasteiger partial charge on any atom is -0.507 e. The summed E-state index contributed by atoms with van der Waals surface area (Å²) in [5.74, 6) is 0.605. The molecule has 0 atom stereocenters. The Morgan fingerprint density at radius 2 is 0.875 bits per heavy atom. The molecule has 0 amide bonds. The van der Waals surface area contributed by atoms with Crippen molar-refractivity contribution in [2.24, 2.45) is 0 Å². The van der Waals surface area contributed by atoms with E-state index in [1.54, 1.807) is 0 Å². The Hall–Kier alpha value is -1.18. The van der Waals surface area contributed by atoms with Crippen molar-refractivity contribution in [1.82, 2.24) is 0 Å². The van der Waals surface area contributed by atoms with Crippen LogP contribution in [-0.4, -0.2) is 10.2 Å². The van der Waals surface area contributed by atoms with Crippen LogP contribution in [-0.2, 0) is 25.7 Å². The standard InChI is InChI=1S/C14H22O2/c1-5-9-10(6-2)13(15)12(8-4)14(16)11(9)7-3/h15-16H,5-8H2,1-4H3. The molecular formula is C14H22O2. The molecule has 0 aromatic heterocycles. The average molecular weight is 222 g/mol. The van der Waals surface area contributed by atoms with E-state index in [-0.39, 0.29) is 0 Å². The number of hydrogen-bond donors (Lipinski definition) is 2. The second-order valence-corrected chi connectivity index (χ2v) is 4.03. The summed E-state index contributed by atoms with van der Waals surface area (Å²) < 4.78 is 0. The average Bonchev–Trinajstić information content (AvgIpc) is 2.29. The second-order valence-electron chi connectivity index (χ2n) is 4.03. The molecule has 1 aromatic rings. The molecule has 0 heterocycles. The minimum absolute atomic E-state index is 0.302. The lowest BCUT2D eigenvalue weighted by Gasteiger charge is -2.19. The quantitative estimate of drug-likeness (QED) is 0.820. The smallest absolute Gasteiger partial charge is 0.125 e. The van der Waals surface area contributed by atoms with Crippen molar-refractivity contribution in [3.8, 4) is 11.5 Å². The lowest BCUT2D eigenvalue weighted by atomic mass is 9.90. The minimum atomic E-state index is 0.302. The molecule has 0 fully saturated rings. The Bertz CT molecular complexity index is 350. The van der Waals surface area contributed by atoms with Crippen LogP contribution in [0.25, 0.3) is 0 Å². The maximum atomic E-state index is 10.1. The molecular weight excluding hydrogens is 200 g/mol. The van der Waals surface area contributed by atoms with Gasteiger partial charge in [-0.3, -0.25) is 0 Å². The fraction of sp³-hybridized carbons (Fsp3) is 0.571. The Kier molecular flexibility index (Phi) is 4.22. The normalized spacial score (nSPS) is 10.8. The van der Waals surface area contributed by atoms with Crippen LogP contribution >= 0.6 is 0 Å². The molecule has 2 N–H and O–H groups in total. The molecule has 1 rings (SSSR count). The summed E-state index contributed by atoms with van der Waals surface area (Å²) in [6.45, 7) is 8.12. The van der Waals surface area contributed by atoms with Crippen molar-refractivity contribution in [3.63, 3.8) is 0 Å². The summed E-state index contributed by atoms with van der Waals surface area (Å²) in [6.07, 6.45) is 3.16. The van der Waals surface area contributed by atoms with E-state index < -0.39 is 0 Å². The van der Waals surface area contributed by atoms with Crippen molar-refractivity contribution >= 4 is 0 Å². The molecule has 0 saturated heterocycles. The highest BCUT2D eigenvalue weighted by molar-refractivity contribution is 5.58. The van der Waals surface area contributed by atoms with Crippen molar-refractivity contribution in [2.75, 3.05) is 0 Å². The Balaban J connectivity index is 3.61. The van der Waals surface area contributed by atoms with Gasteiger partial charge in [-0.1, -0.05) is 27.7 Å². The summed E-state index contributed by atoms with van der Waals surface area (Å²) in [5, 5.41) is 20.3. The second kappa shape index (κ2) is 5.24. The Morgan fingerprint density at radius 1 is 0.562 bits per heavy atom. The molecule has 90 valence electrons. The largest absolute Gasteiger partial charge is 0.507 e. The zero-order valence-electron chi connectivity index (χ0n) is 10.7. The van der Waals surface area contributed by atoms with Crippen molar-refractivity contribution in [2.45, 2.75) is 53.4 Å². The highest BCUT2D eigenvalue weighted by Crippen LogP contribution is 2.39. The Labute approximate surface area is 97.9 Å². The molecule has 0 bridgehead atoms. The third-order valence-electron chi connectivity index (χ3n) is 3.29. The van der Waals surface area contributed by atoms with Crippen molar-refractivity contribution in [3.05, 3.63) is 22.3 Å². The van der Waals surface area contributed by atoms with E-state index in [4.69, 9.17) is 0 Å². The molecule has 0 aliphatic rings. The molecule has 2 heteroatoms. The van der Waals surface area contributed by atoms with Gasteiger partial charge in [0, 0.05) is 5.56 Å². The highest BCUT2D eigenvalue weighted by Gasteiger charge is 2.19. The Morgan fingerprint density at radius 3 is 1.12 bits per heavy atom. The molecule has 0 saturated carbocycles. The number of aromatic hydroxyl groups is 2. The van der Waals surface area contributed by atoms with Crippen LogP contribution in [0.5, 0.6) is 11.5 Å². The van der Waals surface area contributed by atoms with Crippen molar-refractivity contribution < 1.29 is 10.2 Å². The zero-order valence-corrected chi connectivity index (χ0v) is 10.7. The van der Waals surface area contributed by atoms with Gasteiger partial charge >= 0.3 is 0 Å². The third-order valence-corrected chi connectivity index (χ3v) is 3.29. The fourth-order valence-electron chi connectivity index (χ4n) is 2.47. The van der Waals surface area contributed by atoms with Crippen LogP contribution in [0, 0.1) is 0 Å². The molecule has 16 heavy (non-hydrogen) atoms. The first-order chi connectivity index (χ1) is 7.62. The molecule has 0 aliphatic carbocycles. The summed E-state index contributed by atoms with van der Waals surface area (Å²) in [7, 11) is 0. The van der Waals surface area contributed by atoms with Gasteiger partial charge in [0.1, 0.15) is 11.5 Å². The van der Waals surface area contributed by atoms with E-state index in [9.17, 15) is 10.2 Å². The van der Waals surface area contributed by atoms with Gasteiger partial charge < -0.3 is 10.2 Å². The number of rotatable bonds is 4. The van der Waals surface area contributed by atoms with Gasteiger partial charge in [-0.2, -0.15) is 0 Å². The maximum absolute atomic E-state index is 10.1. The summed E-state index contributed by atoms with van der Waals surface area (Å²) in [5.41, 5.74) is 3.84. The lowest BCUT2D eigenvalue weighted by Crippen LogP contribution is -2.02. The van der Waals surface area contributed by atoms with Gasteiger partial charge in [0.05, 0.1) is 0 Å². The fourth-order valence-corrected chi connectivity index (χ4v) is 2.47. The van der Waals surface area contributed by atoms with Gasteiger partial charge in [-0.05, 0) is 42.4 Å². The van der Waals surface area contributed by atoms with Gasteiger partial charge in [0.2, 0.25) is 0 Å². The van der Waals surface area contributed by atoms with E-state index in [0.29, 0.717) is 23.5 Å². The van der Waals surface area contributed by atoms with Crippen LogP contribution < -0.4 is 0 Å². The number of hydrogen-bond acceptors (Lipinski definition) is 2. The molecule has 2 nitrogen and oxygen atoms in total. The topological polar surface area (TPSA) is 40.5 Å². The SMILES string of the molecule is CCc1c(O)c(CC)c(CC)c(CC)c1O. The predicted molar refractivity (Wildman–Crippen MR) is 67.3 cm³/mol. The van der Waals surface area contributed by atoms with Gasteiger partial charge in [0.15, 0.2) is 0 Å². The first-order valence-electron chi connectivity index (χ1n) is 6.19. The molecule has 1 aromatic carbocycles. The number of phenolic OH excluding ortho intramolecular Hbond substituents is 2. The van der Waals surface area contributed by atoms with E-state index >= 15 is 0 Å². The maximum Gasteiger partial charge on any atom is 0.125 e.